The van der Waals surface area contributed by atoms with Crippen molar-refractivity contribution in [2.75, 3.05) is 62.0 Å². The van der Waals surface area contributed by atoms with Gasteiger partial charge in [0.25, 0.3) is 0 Å². The minimum absolute atomic E-state index is 0.158. The molecule has 146 valence electrons. The Hall–Kier alpha value is -0.103. The number of hydrogen-bond donors (Lipinski definition) is 2. The lowest BCUT2D eigenvalue weighted by Crippen LogP contribution is -2.54. The predicted octanol–water partition coefficient (Wildman–Crippen LogP) is 0.403. The van der Waals surface area contributed by atoms with E-state index >= 15 is 0 Å². The van der Waals surface area contributed by atoms with Gasteiger partial charge in [0.2, 0.25) is 0 Å². The maximum absolute atomic E-state index is 10.4. The van der Waals surface area contributed by atoms with Crippen LogP contribution in [-0.4, -0.2) is 87.5 Å². The molecule has 0 rings (SSSR count). The van der Waals surface area contributed by atoms with Gasteiger partial charge in [-0.05, 0) is 19.3 Å². The number of aliphatic hydroxyl groups excluding tert-OH is 1. The number of hydrogen-bond acceptors (Lipinski definition) is 8. The monoisotopic (exact) mass is 369 g/mol. The first-order chi connectivity index (χ1) is 11.4. The van der Waals surface area contributed by atoms with Crippen molar-refractivity contribution in [1.29, 1.82) is 0 Å². The summed E-state index contributed by atoms with van der Waals surface area (Å²) in [4.78, 5) is 0. The summed E-state index contributed by atoms with van der Waals surface area (Å²) in [6.45, 7) is 1.57. The predicted molar refractivity (Wildman–Crippen MR) is 92.9 cm³/mol. The van der Waals surface area contributed by atoms with Crippen LogP contribution in [-0.2, 0) is 27.5 Å². The van der Waals surface area contributed by atoms with Gasteiger partial charge in [0.15, 0.2) is 0 Å². The molecule has 0 amide bonds. The Labute approximate surface area is 146 Å². The van der Waals surface area contributed by atoms with Crippen LogP contribution >= 0.6 is 0 Å². The normalized spacial score (nSPS) is 14.1. The van der Waals surface area contributed by atoms with Crippen LogP contribution in [0.15, 0.2) is 0 Å². The molecular formula is C15H35NO7Si. The smallest absolute Gasteiger partial charge is 0.389 e. The molecule has 0 bridgehead atoms. The first-order valence-corrected chi connectivity index (χ1v) is 10.0. The number of ether oxygens (including phenoxy) is 3. The van der Waals surface area contributed by atoms with E-state index in [0.29, 0.717) is 45.1 Å². The number of nitrogens with two attached hydrogens (primary N) is 1. The lowest BCUT2D eigenvalue weighted by atomic mass is 9.87. The molecule has 0 aromatic carbocycles. The van der Waals surface area contributed by atoms with E-state index in [-0.39, 0.29) is 6.61 Å². The minimum Gasteiger partial charge on any atom is -0.389 e. The lowest BCUT2D eigenvalue weighted by Gasteiger charge is -2.34. The standard InChI is InChI=1S/C15H35NO7Si/c1-18-10-7-15(16,8-11-19-2)14(17)13-23-9-6-12-24(20-3,21-4)22-5/h14,17H,6-13,16H2,1-5H3. The maximum Gasteiger partial charge on any atom is 0.500 e. The zero-order valence-corrected chi connectivity index (χ0v) is 16.7. The minimum atomic E-state index is -2.57. The van der Waals surface area contributed by atoms with Crippen LogP contribution in [0.5, 0.6) is 0 Å². The van der Waals surface area contributed by atoms with Crippen molar-refractivity contribution in [3.63, 3.8) is 0 Å². The summed E-state index contributed by atoms with van der Waals surface area (Å²) in [5, 5.41) is 10.4. The van der Waals surface area contributed by atoms with Crippen molar-refractivity contribution in [2.24, 2.45) is 5.73 Å². The van der Waals surface area contributed by atoms with Crippen LogP contribution in [0.1, 0.15) is 19.3 Å². The van der Waals surface area contributed by atoms with Gasteiger partial charge in [0, 0.05) is 67.0 Å². The van der Waals surface area contributed by atoms with Gasteiger partial charge >= 0.3 is 8.80 Å². The van der Waals surface area contributed by atoms with Crippen LogP contribution < -0.4 is 5.73 Å². The fraction of sp³-hybridized carbons (Fsp3) is 1.00. The highest BCUT2D eigenvalue weighted by Gasteiger charge is 2.37. The van der Waals surface area contributed by atoms with Crippen molar-refractivity contribution in [1.82, 2.24) is 0 Å². The molecule has 1 unspecified atom stereocenters. The number of methoxy groups -OCH3 is 2. The summed E-state index contributed by atoms with van der Waals surface area (Å²) in [5.74, 6) is 0. The molecular weight excluding hydrogens is 334 g/mol. The Morgan fingerprint density at radius 2 is 1.42 bits per heavy atom. The zero-order valence-electron chi connectivity index (χ0n) is 15.7. The highest BCUT2D eigenvalue weighted by atomic mass is 28.4. The van der Waals surface area contributed by atoms with E-state index in [1.54, 1.807) is 35.5 Å². The third kappa shape index (κ3) is 8.32. The van der Waals surface area contributed by atoms with Crippen molar-refractivity contribution in [2.45, 2.75) is 36.9 Å². The van der Waals surface area contributed by atoms with Gasteiger partial charge in [-0.3, -0.25) is 0 Å². The van der Waals surface area contributed by atoms with Crippen LogP contribution in [0, 0.1) is 0 Å². The molecule has 0 aromatic heterocycles. The lowest BCUT2D eigenvalue weighted by molar-refractivity contribution is -0.0254. The molecule has 0 heterocycles. The first-order valence-electron chi connectivity index (χ1n) is 8.11. The van der Waals surface area contributed by atoms with E-state index in [9.17, 15) is 5.11 Å². The van der Waals surface area contributed by atoms with Crippen LogP contribution in [0.25, 0.3) is 0 Å². The molecule has 1 atom stereocenters. The van der Waals surface area contributed by atoms with Crippen LogP contribution in [0.4, 0.5) is 0 Å². The van der Waals surface area contributed by atoms with Crippen molar-refractivity contribution >= 4 is 8.80 Å². The number of rotatable bonds is 16. The Bertz CT molecular complexity index is 289. The summed E-state index contributed by atoms with van der Waals surface area (Å²) >= 11 is 0. The quantitative estimate of drug-likeness (QED) is 0.298. The van der Waals surface area contributed by atoms with E-state index < -0.39 is 20.4 Å². The van der Waals surface area contributed by atoms with Gasteiger partial charge in [-0.15, -0.1) is 0 Å². The number of aliphatic hydroxyl groups is 1. The molecule has 0 aliphatic rings. The second-order valence-corrected chi connectivity index (χ2v) is 8.80. The van der Waals surface area contributed by atoms with E-state index in [2.05, 4.69) is 0 Å². The zero-order chi connectivity index (χ0) is 18.5. The molecule has 0 saturated heterocycles. The second kappa shape index (κ2) is 13.1. The molecule has 0 aliphatic heterocycles. The van der Waals surface area contributed by atoms with Crippen molar-refractivity contribution in [3.8, 4) is 0 Å². The van der Waals surface area contributed by atoms with Crippen LogP contribution in [0.3, 0.4) is 0 Å². The highest BCUT2D eigenvalue weighted by molar-refractivity contribution is 6.60. The van der Waals surface area contributed by atoms with Gasteiger partial charge in [0.1, 0.15) is 0 Å². The third-order valence-corrected chi connectivity index (χ3v) is 7.02. The topological polar surface area (TPSA) is 102 Å². The summed E-state index contributed by atoms with van der Waals surface area (Å²) in [7, 11) is 5.39. The molecule has 0 radical (unpaired) electrons. The fourth-order valence-corrected chi connectivity index (χ4v) is 4.04. The molecule has 9 heteroatoms. The third-order valence-electron chi connectivity index (χ3n) is 4.19. The summed E-state index contributed by atoms with van der Waals surface area (Å²) < 4.78 is 31.8. The summed E-state index contributed by atoms with van der Waals surface area (Å²) in [5.41, 5.74) is 5.52. The summed E-state index contributed by atoms with van der Waals surface area (Å²) in [6.07, 6.45) is 0.980. The molecule has 0 saturated carbocycles. The van der Waals surface area contributed by atoms with E-state index in [4.69, 9.17) is 33.2 Å². The van der Waals surface area contributed by atoms with Gasteiger partial charge in [-0.1, -0.05) is 0 Å². The van der Waals surface area contributed by atoms with Crippen molar-refractivity contribution < 1.29 is 32.6 Å². The first kappa shape index (κ1) is 23.9. The van der Waals surface area contributed by atoms with Crippen molar-refractivity contribution in [3.05, 3.63) is 0 Å². The van der Waals surface area contributed by atoms with E-state index in [0.717, 1.165) is 0 Å². The second-order valence-electron chi connectivity index (χ2n) is 5.71. The molecule has 24 heavy (non-hydrogen) atoms. The molecule has 3 N–H and O–H groups in total. The van der Waals surface area contributed by atoms with Gasteiger partial charge in [0.05, 0.1) is 12.7 Å². The maximum atomic E-state index is 10.4. The Kier molecular flexibility index (Phi) is 13.1. The Morgan fingerprint density at radius 3 is 1.83 bits per heavy atom. The summed E-state index contributed by atoms with van der Waals surface area (Å²) in [6, 6.07) is 0.647. The highest BCUT2D eigenvalue weighted by Crippen LogP contribution is 2.19. The van der Waals surface area contributed by atoms with E-state index in [1.165, 1.54) is 0 Å². The Morgan fingerprint density at radius 1 is 0.917 bits per heavy atom. The van der Waals surface area contributed by atoms with Gasteiger partial charge < -0.3 is 38.3 Å². The Balaban J connectivity index is 4.25. The molecule has 0 aromatic rings. The van der Waals surface area contributed by atoms with Gasteiger partial charge in [-0.2, -0.15) is 0 Å². The van der Waals surface area contributed by atoms with E-state index in [1.807, 2.05) is 0 Å². The van der Waals surface area contributed by atoms with Crippen LogP contribution in [0.2, 0.25) is 6.04 Å². The molecule has 8 nitrogen and oxygen atoms in total. The van der Waals surface area contributed by atoms with Gasteiger partial charge in [-0.25, -0.2) is 0 Å². The SMILES string of the molecule is COCCC(N)(CCOC)C(O)COCCC[Si](OC)(OC)OC. The largest absolute Gasteiger partial charge is 0.500 e. The average molecular weight is 370 g/mol. The molecule has 0 spiro atoms. The molecule has 0 fully saturated rings. The molecule has 0 aliphatic carbocycles. The fourth-order valence-electron chi connectivity index (χ4n) is 2.35. The average Bonchev–Trinajstić information content (AvgIpc) is 2.61.